The van der Waals surface area contributed by atoms with Crippen LogP contribution < -0.4 is 10.6 Å². The molecule has 19 heavy (non-hydrogen) atoms. The highest BCUT2D eigenvalue weighted by Crippen LogP contribution is 2.32. The molecule has 0 bridgehead atoms. The SMILES string of the molecule is CCC1CCC(C(=O)NC2CCNCC2(C)C)CC1. The summed E-state index contributed by atoms with van der Waals surface area (Å²) in [6.45, 7) is 8.79. The van der Waals surface area contributed by atoms with Crippen molar-refractivity contribution in [3.8, 4) is 0 Å². The van der Waals surface area contributed by atoms with Crippen molar-refractivity contribution in [1.29, 1.82) is 0 Å². The Balaban J connectivity index is 1.84. The predicted octanol–water partition coefficient (Wildman–Crippen LogP) is 2.71. The van der Waals surface area contributed by atoms with Crippen LogP contribution in [0.25, 0.3) is 0 Å². The third-order valence-electron chi connectivity index (χ3n) is 5.25. The third kappa shape index (κ3) is 3.71. The van der Waals surface area contributed by atoms with Gasteiger partial charge in [-0.05, 0) is 50.0 Å². The molecule has 0 spiro atoms. The van der Waals surface area contributed by atoms with Crippen molar-refractivity contribution < 1.29 is 4.79 Å². The van der Waals surface area contributed by atoms with Gasteiger partial charge in [0, 0.05) is 18.5 Å². The summed E-state index contributed by atoms with van der Waals surface area (Å²) in [7, 11) is 0. The summed E-state index contributed by atoms with van der Waals surface area (Å²) in [5, 5.41) is 6.75. The Kier molecular flexibility index (Phi) is 4.88. The van der Waals surface area contributed by atoms with Crippen molar-refractivity contribution in [1.82, 2.24) is 10.6 Å². The fraction of sp³-hybridized carbons (Fsp3) is 0.938. The van der Waals surface area contributed by atoms with Gasteiger partial charge in [0.2, 0.25) is 5.91 Å². The molecule has 0 radical (unpaired) electrons. The minimum Gasteiger partial charge on any atom is -0.352 e. The molecule has 1 aliphatic carbocycles. The fourth-order valence-corrected chi connectivity index (χ4v) is 3.56. The zero-order chi connectivity index (χ0) is 13.9. The molecule has 0 aromatic rings. The van der Waals surface area contributed by atoms with Crippen molar-refractivity contribution in [3.63, 3.8) is 0 Å². The third-order valence-corrected chi connectivity index (χ3v) is 5.25. The lowest BCUT2D eigenvalue weighted by molar-refractivity contribution is -0.128. The van der Waals surface area contributed by atoms with Gasteiger partial charge in [0.05, 0.1) is 0 Å². The van der Waals surface area contributed by atoms with E-state index in [1.54, 1.807) is 0 Å². The van der Waals surface area contributed by atoms with Crippen LogP contribution in [-0.4, -0.2) is 25.0 Å². The van der Waals surface area contributed by atoms with E-state index in [1.807, 2.05) is 0 Å². The smallest absolute Gasteiger partial charge is 0.223 e. The van der Waals surface area contributed by atoms with Crippen LogP contribution in [0.3, 0.4) is 0 Å². The molecule has 2 N–H and O–H groups in total. The van der Waals surface area contributed by atoms with Crippen molar-refractivity contribution in [2.45, 2.75) is 65.3 Å². The standard InChI is InChI=1S/C16H30N2O/c1-4-12-5-7-13(8-6-12)15(19)18-14-9-10-17-11-16(14,2)3/h12-14,17H,4-11H2,1-3H3,(H,18,19). The molecule has 0 aromatic carbocycles. The minimum atomic E-state index is 0.175. The molecule has 3 heteroatoms. The van der Waals surface area contributed by atoms with Crippen LogP contribution in [0.15, 0.2) is 0 Å². The summed E-state index contributed by atoms with van der Waals surface area (Å²) in [6, 6.07) is 0.338. The van der Waals surface area contributed by atoms with E-state index in [-0.39, 0.29) is 11.3 Å². The number of carbonyl (C=O) groups is 1. The first-order valence-corrected chi connectivity index (χ1v) is 8.04. The largest absolute Gasteiger partial charge is 0.352 e. The van der Waals surface area contributed by atoms with Crippen LogP contribution in [-0.2, 0) is 4.79 Å². The Bertz CT molecular complexity index is 306. The lowest BCUT2D eigenvalue weighted by Gasteiger charge is -2.40. The molecule has 1 aliphatic heterocycles. The van der Waals surface area contributed by atoms with E-state index in [9.17, 15) is 4.79 Å². The molecule has 0 aromatic heterocycles. The van der Waals surface area contributed by atoms with Crippen LogP contribution in [0.4, 0.5) is 0 Å². The zero-order valence-electron chi connectivity index (χ0n) is 12.8. The van der Waals surface area contributed by atoms with E-state index in [2.05, 4.69) is 31.4 Å². The first kappa shape index (κ1) is 14.8. The Hall–Kier alpha value is -0.570. The highest BCUT2D eigenvalue weighted by molar-refractivity contribution is 5.79. The Morgan fingerprint density at radius 1 is 1.21 bits per heavy atom. The molecular weight excluding hydrogens is 236 g/mol. The van der Waals surface area contributed by atoms with Crippen LogP contribution in [0.1, 0.15) is 59.3 Å². The molecule has 1 saturated heterocycles. The maximum absolute atomic E-state index is 12.4. The number of carbonyl (C=O) groups excluding carboxylic acids is 1. The van der Waals surface area contributed by atoms with Crippen molar-refractivity contribution in [2.24, 2.45) is 17.3 Å². The Morgan fingerprint density at radius 3 is 2.47 bits per heavy atom. The molecule has 1 saturated carbocycles. The molecule has 1 atom stereocenters. The fourth-order valence-electron chi connectivity index (χ4n) is 3.56. The van der Waals surface area contributed by atoms with Gasteiger partial charge in [-0.3, -0.25) is 4.79 Å². The lowest BCUT2D eigenvalue weighted by Crippen LogP contribution is -2.55. The summed E-state index contributed by atoms with van der Waals surface area (Å²) in [5.41, 5.74) is 0.175. The average molecular weight is 266 g/mol. The molecule has 1 heterocycles. The number of nitrogens with one attached hydrogen (secondary N) is 2. The van der Waals surface area contributed by atoms with Gasteiger partial charge in [0.1, 0.15) is 0 Å². The van der Waals surface area contributed by atoms with Crippen molar-refractivity contribution in [3.05, 3.63) is 0 Å². The number of rotatable bonds is 3. The second kappa shape index (κ2) is 6.25. The van der Waals surface area contributed by atoms with Gasteiger partial charge >= 0.3 is 0 Å². The highest BCUT2D eigenvalue weighted by atomic mass is 16.1. The average Bonchev–Trinajstić information content (AvgIpc) is 2.41. The van der Waals surface area contributed by atoms with Crippen LogP contribution in [0.5, 0.6) is 0 Å². The van der Waals surface area contributed by atoms with E-state index in [0.717, 1.165) is 38.3 Å². The number of hydrogen-bond acceptors (Lipinski definition) is 2. The van der Waals surface area contributed by atoms with Crippen LogP contribution >= 0.6 is 0 Å². The van der Waals surface area contributed by atoms with Gasteiger partial charge in [-0.1, -0.05) is 27.2 Å². The zero-order valence-corrected chi connectivity index (χ0v) is 12.8. The molecular formula is C16H30N2O. The van der Waals surface area contributed by atoms with Crippen molar-refractivity contribution in [2.75, 3.05) is 13.1 Å². The lowest BCUT2D eigenvalue weighted by atomic mass is 9.78. The Labute approximate surface area is 117 Å². The second-order valence-electron chi connectivity index (χ2n) is 7.14. The van der Waals surface area contributed by atoms with E-state index in [0.29, 0.717) is 11.9 Å². The maximum Gasteiger partial charge on any atom is 0.223 e. The van der Waals surface area contributed by atoms with Gasteiger partial charge in [-0.2, -0.15) is 0 Å². The molecule has 110 valence electrons. The van der Waals surface area contributed by atoms with Gasteiger partial charge in [0.15, 0.2) is 0 Å². The topological polar surface area (TPSA) is 41.1 Å². The van der Waals surface area contributed by atoms with Gasteiger partial charge < -0.3 is 10.6 Å². The summed E-state index contributed by atoms with van der Waals surface area (Å²) in [5.74, 6) is 1.45. The summed E-state index contributed by atoms with van der Waals surface area (Å²) in [4.78, 5) is 12.4. The van der Waals surface area contributed by atoms with E-state index in [4.69, 9.17) is 0 Å². The normalized spacial score (nSPS) is 34.8. The van der Waals surface area contributed by atoms with Gasteiger partial charge in [-0.15, -0.1) is 0 Å². The molecule has 1 unspecified atom stereocenters. The first-order valence-electron chi connectivity index (χ1n) is 8.04. The number of piperidine rings is 1. The van der Waals surface area contributed by atoms with Crippen LogP contribution in [0.2, 0.25) is 0 Å². The van der Waals surface area contributed by atoms with E-state index < -0.39 is 0 Å². The monoisotopic (exact) mass is 266 g/mol. The quantitative estimate of drug-likeness (QED) is 0.824. The predicted molar refractivity (Wildman–Crippen MR) is 78.9 cm³/mol. The molecule has 3 nitrogen and oxygen atoms in total. The maximum atomic E-state index is 12.4. The molecule has 1 amide bonds. The Morgan fingerprint density at radius 2 is 1.89 bits per heavy atom. The van der Waals surface area contributed by atoms with Gasteiger partial charge in [0.25, 0.3) is 0 Å². The molecule has 2 rings (SSSR count). The number of amides is 1. The minimum absolute atomic E-state index is 0.175. The summed E-state index contributed by atoms with van der Waals surface area (Å²) >= 11 is 0. The summed E-state index contributed by atoms with van der Waals surface area (Å²) < 4.78 is 0. The van der Waals surface area contributed by atoms with Crippen molar-refractivity contribution >= 4 is 5.91 Å². The van der Waals surface area contributed by atoms with E-state index in [1.165, 1.54) is 19.3 Å². The van der Waals surface area contributed by atoms with Gasteiger partial charge in [-0.25, -0.2) is 0 Å². The molecule has 2 fully saturated rings. The first-order chi connectivity index (χ1) is 9.03. The molecule has 2 aliphatic rings. The number of hydrogen-bond donors (Lipinski definition) is 2. The van der Waals surface area contributed by atoms with Crippen LogP contribution in [0, 0.1) is 17.3 Å². The van der Waals surface area contributed by atoms with E-state index >= 15 is 0 Å². The second-order valence-corrected chi connectivity index (χ2v) is 7.14. The highest BCUT2D eigenvalue weighted by Gasteiger charge is 2.35. The summed E-state index contributed by atoms with van der Waals surface area (Å²) in [6.07, 6.45) is 7.00.